The highest BCUT2D eigenvalue weighted by molar-refractivity contribution is 5.69. The lowest BCUT2D eigenvalue weighted by Gasteiger charge is -2.33. The third kappa shape index (κ3) is 4.91. The molecule has 3 heterocycles. The van der Waals surface area contributed by atoms with Gasteiger partial charge in [-0.25, -0.2) is 4.98 Å². The predicted molar refractivity (Wildman–Crippen MR) is 131 cm³/mol. The highest BCUT2D eigenvalue weighted by Crippen LogP contribution is 2.34. The quantitative estimate of drug-likeness (QED) is 0.443. The Balaban J connectivity index is 1.31. The fraction of sp³-hybridized carbons (Fsp3) is 0.259. The lowest BCUT2D eigenvalue weighted by Crippen LogP contribution is -2.43. The van der Waals surface area contributed by atoms with Crippen molar-refractivity contribution in [2.75, 3.05) is 18.4 Å². The first kappa shape index (κ1) is 21.2. The molecule has 6 nitrogen and oxygen atoms in total. The summed E-state index contributed by atoms with van der Waals surface area (Å²) in [5, 5.41) is 11.5. The maximum Gasteiger partial charge on any atom is 0.237 e. The molecule has 0 amide bonds. The number of hydrogen-bond acceptors (Lipinski definition) is 5. The molecule has 168 valence electrons. The fourth-order valence-corrected chi connectivity index (χ4v) is 4.23. The third-order valence-electron chi connectivity index (χ3n) is 6.08. The Morgan fingerprint density at radius 1 is 1.09 bits per heavy atom. The predicted octanol–water partition coefficient (Wildman–Crippen LogP) is 4.54. The van der Waals surface area contributed by atoms with Crippen molar-refractivity contribution in [3.63, 3.8) is 0 Å². The molecule has 0 radical (unpaired) electrons. The highest BCUT2D eigenvalue weighted by atomic mass is 16.5. The second-order valence-electron chi connectivity index (χ2n) is 8.59. The van der Waals surface area contributed by atoms with Gasteiger partial charge in [-0.2, -0.15) is 5.10 Å². The number of hydrogen-bond donors (Lipinski definition) is 2. The number of fused-ring (bicyclic) bond motifs is 1. The minimum Gasteiger partial charge on any atom is -0.469 e. The van der Waals surface area contributed by atoms with Crippen LogP contribution in [-0.4, -0.2) is 34.0 Å². The van der Waals surface area contributed by atoms with Gasteiger partial charge in [0.2, 0.25) is 5.88 Å². The third-order valence-corrected chi connectivity index (χ3v) is 6.08. The van der Waals surface area contributed by atoms with Crippen LogP contribution in [0.15, 0.2) is 79.3 Å². The Hall–Kier alpha value is -3.64. The van der Waals surface area contributed by atoms with E-state index < -0.39 is 0 Å². The van der Waals surface area contributed by atoms with Crippen LogP contribution in [0.2, 0.25) is 0 Å². The molecule has 2 atom stereocenters. The van der Waals surface area contributed by atoms with Crippen LogP contribution < -0.4 is 15.4 Å². The molecule has 1 aliphatic rings. The molecule has 0 fully saturated rings. The molecule has 0 bridgehead atoms. The first-order valence-corrected chi connectivity index (χ1v) is 11.4. The molecule has 2 aromatic heterocycles. The minimum absolute atomic E-state index is 0.0529. The molecular weight excluding hydrogens is 410 g/mol. The number of ether oxygens (including phenoxy) is 1. The molecule has 6 heteroatoms. The van der Waals surface area contributed by atoms with Crippen LogP contribution in [0.1, 0.15) is 22.7 Å². The lowest BCUT2D eigenvalue weighted by molar-refractivity contribution is 0.150. The normalized spacial score (nSPS) is 15.9. The number of aromatic nitrogens is 3. The Morgan fingerprint density at radius 2 is 1.91 bits per heavy atom. The molecule has 0 saturated carbocycles. The number of nitrogens with one attached hydrogen (secondary N) is 2. The van der Waals surface area contributed by atoms with E-state index in [2.05, 4.69) is 82.2 Å². The Labute approximate surface area is 194 Å². The first-order chi connectivity index (χ1) is 16.2. The molecule has 2 aromatic carbocycles. The van der Waals surface area contributed by atoms with Crippen molar-refractivity contribution >= 4 is 5.69 Å². The summed E-state index contributed by atoms with van der Waals surface area (Å²) in [6.45, 7) is 3.68. The molecule has 0 spiro atoms. The van der Waals surface area contributed by atoms with Gasteiger partial charge in [-0.3, -0.25) is 4.68 Å². The summed E-state index contributed by atoms with van der Waals surface area (Å²) in [5.41, 5.74) is 6.80. The van der Waals surface area contributed by atoms with E-state index in [9.17, 15) is 0 Å². The van der Waals surface area contributed by atoms with E-state index in [1.165, 1.54) is 16.7 Å². The fourth-order valence-electron chi connectivity index (χ4n) is 4.23. The maximum absolute atomic E-state index is 6.41. The van der Waals surface area contributed by atoms with Gasteiger partial charge >= 0.3 is 0 Å². The Kier molecular flexibility index (Phi) is 6.09. The van der Waals surface area contributed by atoms with Crippen LogP contribution in [0.5, 0.6) is 5.88 Å². The van der Waals surface area contributed by atoms with Crippen molar-refractivity contribution in [3.8, 4) is 17.0 Å². The summed E-state index contributed by atoms with van der Waals surface area (Å²) in [7, 11) is 1.91. The number of aryl methyl sites for hydroxylation is 2. The van der Waals surface area contributed by atoms with Gasteiger partial charge < -0.3 is 15.4 Å². The highest BCUT2D eigenvalue weighted by Gasteiger charge is 2.29. The van der Waals surface area contributed by atoms with Gasteiger partial charge in [0, 0.05) is 30.6 Å². The summed E-state index contributed by atoms with van der Waals surface area (Å²) in [6.07, 6.45) is 6.57. The van der Waals surface area contributed by atoms with Gasteiger partial charge in [0.15, 0.2) is 0 Å². The SMILES string of the molecule is Cc1ccc(CCN[C@H](c2ccccc2)[C@@H]2CNc3cc(-c4cnn(C)c4)cnc3O2)cc1. The number of anilines is 1. The average molecular weight is 440 g/mol. The summed E-state index contributed by atoms with van der Waals surface area (Å²) in [5.74, 6) is 0.639. The largest absolute Gasteiger partial charge is 0.469 e. The minimum atomic E-state index is -0.0744. The number of rotatable bonds is 7. The van der Waals surface area contributed by atoms with Crippen LogP contribution >= 0.6 is 0 Å². The van der Waals surface area contributed by atoms with Crippen LogP contribution in [-0.2, 0) is 13.5 Å². The zero-order valence-corrected chi connectivity index (χ0v) is 19.0. The van der Waals surface area contributed by atoms with E-state index in [4.69, 9.17) is 4.74 Å². The molecule has 1 aliphatic heterocycles. The zero-order chi connectivity index (χ0) is 22.6. The molecule has 4 aromatic rings. The molecule has 5 rings (SSSR count). The number of pyridine rings is 1. The molecule has 0 aliphatic carbocycles. The summed E-state index contributed by atoms with van der Waals surface area (Å²) < 4.78 is 8.20. The molecule has 0 unspecified atom stereocenters. The molecule has 0 saturated heterocycles. The second kappa shape index (κ2) is 9.46. The van der Waals surface area contributed by atoms with Crippen molar-refractivity contribution in [1.82, 2.24) is 20.1 Å². The van der Waals surface area contributed by atoms with Gasteiger partial charge in [0.25, 0.3) is 0 Å². The summed E-state index contributed by atoms with van der Waals surface area (Å²) >= 11 is 0. The summed E-state index contributed by atoms with van der Waals surface area (Å²) in [4.78, 5) is 4.62. The first-order valence-electron chi connectivity index (χ1n) is 11.4. The van der Waals surface area contributed by atoms with Crippen molar-refractivity contribution in [3.05, 3.63) is 95.9 Å². The maximum atomic E-state index is 6.41. The van der Waals surface area contributed by atoms with E-state index >= 15 is 0 Å². The molecular formula is C27H29N5O. The average Bonchev–Trinajstić information content (AvgIpc) is 3.29. The van der Waals surface area contributed by atoms with Crippen molar-refractivity contribution < 1.29 is 4.74 Å². The summed E-state index contributed by atoms with van der Waals surface area (Å²) in [6, 6.07) is 21.4. The van der Waals surface area contributed by atoms with Gasteiger partial charge in [0.05, 0.1) is 24.5 Å². The van der Waals surface area contributed by atoms with Crippen molar-refractivity contribution in [2.45, 2.75) is 25.5 Å². The van der Waals surface area contributed by atoms with E-state index in [-0.39, 0.29) is 12.1 Å². The van der Waals surface area contributed by atoms with E-state index in [0.29, 0.717) is 12.4 Å². The van der Waals surface area contributed by atoms with Crippen LogP contribution in [0, 0.1) is 6.92 Å². The second-order valence-corrected chi connectivity index (χ2v) is 8.59. The topological polar surface area (TPSA) is 64.0 Å². The lowest BCUT2D eigenvalue weighted by atomic mass is 9.99. The van der Waals surface area contributed by atoms with Gasteiger partial charge in [-0.1, -0.05) is 60.2 Å². The smallest absolute Gasteiger partial charge is 0.237 e. The van der Waals surface area contributed by atoms with E-state index in [0.717, 1.165) is 29.8 Å². The molecule has 33 heavy (non-hydrogen) atoms. The zero-order valence-electron chi connectivity index (χ0n) is 19.0. The number of nitrogens with zero attached hydrogens (tertiary/aromatic N) is 3. The van der Waals surface area contributed by atoms with Crippen molar-refractivity contribution in [1.29, 1.82) is 0 Å². The van der Waals surface area contributed by atoms with Gasteiger partial charge in [-0.05, 0) is 37.1 Å². The van der Waals surface area contributed by atoms with Crippen LogP contribution in [0.25, 0.3) is 11.1 Å². The van der Waals surface area contributed by atoms with E-state index in [1.54, 1.807) is 4.68 Å². The standard InChI is InChI=1S/C27H29N5O/c1-19-8-10-20(11-9-19)12-13-28-26(21-6-4-3-5-7-21)25-17-29-24-14-22(15-30-27(24)33-25)23-16-31-32(2)18-23/h3-11,14-16,18,25-26,28-29H,12-13,17H2,1-2H3/t25-,26+/m0/s1. The van der Waals surface area contributed by atoms with Gasteiger partial charge in [-0.15, -0.1) is 0 Å². The van der Waals surface area contributed by atoms with Crippen molar-refractivity contribution in [2.24, 2.45) is 7.05 Å². The Morgan fingerprint density at radius 3 is 2.67 bits per heavy atom. The molecule has 2 N–H and O–H groups in total. The van der Waals surface area contributed by atoms with Crippen LogP contribution in [0.4, 0.5) is 5.69 Å². The monoisotopic (exact) mass is 439 g/mol. The number of benzene rings is 2. The van der Waals surface area contributed by atoms with Crippen LogP contribution in [0.3, 0.4) is 0 Å². The Bertz CT molecular complexity index is 1200. The van der Waals surface area contributed by atoms with E-state index in [1.807, 2.05) is 31.7 Å². The van der Waals surface area contributed by atoms with Gasteiger partial charge in [0.1, 0.15) is 6.10 Å².